The van der Waals surface area contributed by atoms with Crippen LogP contribution >= 0.6 is 23.2 Å². The van der Waals surface area contributed by atoms with E-state index in [4.69, 9.17) is 23.2 Å². The summed E-state index contributed by atoms with van der Waals surface area (Å²) in [5, 5.41) is 3.60. The monoisotopic (exact) mass is 420 g/mol. The highest BCUT2D eigenvalue weighted by Crippen LogP contribution is 2.27. The van der Waals surface area contributed by atoms with Gasteiger partial charge in [-0.2, -0.15) is 0 Å². The lowest BCUT2D eigenvalue weighted by atomic mass is 10.0. The number of hydrogen-bond acceptors (Lipinski definition) is 2. The number of nitrogens with one attached hydrogen (secondary N) is 1. The Hall–Kier alpha value is -2.04. The van der Waals surface area contributed by atoms with Crippen LogP contribution in [0.1, 0.15) is 35.6 Å². The lowest BCUT2D eigenvalue weighted by molar-refractivity contribution is -0.140. The third-order valence-corrected chi connectivity index (χ3v) is 5.66. The second-order valence-electron chi connectivity index (χ2n) is 6.86. The Bertz CT molecular complexity index is 847. The lowest BCUT2D eigenvalue weighted by Gasteiger charge is -2.31. The zero-order valence-electron chi connectivity index (χ0n) is 16.7. The first-order valence-electron chi connectivity index (χ1n) is 9.28. The van der Waals surface area contributed by atoms with Crippen LogP contribution in [0.3, 0.4) is 0 Å². The Morgan fingerprint density at radius 1 is 1.07 bits per heavy atom. The van der Waals surface area contributed by atoms with Crippen molar-refractivity contribution >= 4 is 35.0 Å². The number of carbonyl (C=O) groups is 2. The summed E-state index contributed by atoms with van der Waals surface area (Å²) in [4.78, 5) is 27.2. The minimum atomic E-state index is -0.601. The Kier molecular flexibility index (Phi) is 7.90. The van der Waals surface area contributed by atoms with E-state index in [0.717, 1.165) is 11.1 Å². The van der Waals surface area contributed by atoms with E-state index >= 15 is 0 Å². The maximum absolute atomic E-state index is 13.2. The number of halogens is 2. The van der Waals surface area contributed by atoms with E-state index in [0.29, 0.717) is 22.0 Å². The fourth-order valence-corrected chi connectivity index (χ4v) is 3.65. The van der Waals surface area contributed by atoms with Crippen LogP contribution in [-0.4, -0.2) is 29.8 Å². The van der Waals surface area contributed by atoms with Gasteiger partial charge >= 0.3 is 0 Å². The number of hydrogen-bond donors (Lipinski definition) is 1. The molecule has 1 atom stereocenters. The van der Waals surface area contributed by atoms with E-state index in [-0.39, 0.29) is 24.8 Å². The molecule has 6 heteroatoms. The van der Waals surface area contributed by atoms with Crippen molar-refractivity contribution in [1.82, 2.24) is 10.2 Å². The highest BCUT2D eigenvalue weighted by molar-refractivity contribution is 6.36. The number of aryl methyl sites for hydroxylation is 2. The normalized spacial score (nSPS) is 11.8. The summed E-state index contributed by atoms with van der Waals surface area (Å²) in [6.07, 6.45) is 0.692. The predicted molar refractivity (Wildman–Crippen MR) is 115 cm³/mol. The van der Waals surface area contributed by atoms with Crippen molar-refractivity contribution in [2.75, 3.05) is 7.05 Å². The molecule has 2 amide bonds. The average molecular weight is 421 g/mol. The molecule has 0 heterocycles. The van der Waals surface area contributed by atoms with Gasteiger partial charge in [-0.05, 0) is 49.1 Å². The van der Waals surface area contributed by atoms with Gasteiger partial charge in [-0.3, -0.25) is 9.59 Å². The van der Waals surface area contributed by atoms with Crippen molar-refractivity contribution in [1.29, 1.82) is 0 Å². The Balaban J connectivity index is 2.37. The summed E-state index contributed by atoms with van der Waals surface area (Å²) in [5.74, 6) is -0.353. The van der Waals surface area contributed by atoms with Crippen LogP contribution < -0.4 is 5.32 Å². The molecule has 0 aliphatic heterocycles. The van der Waals surface area contributed by atoms with Gasteiger partial charge in [0.1, 0.15) is 6.04 Å². The molecule has 28 heavy (non-hydrogen) atoms. The van der Waals surface area contributed by atoms with E-state index in [1.807, 2.05) is 39.0 Å². The highest BCUT2D eigenvalue weighted by atomic mass is 35.5. The molecule has 2 aromatic carbocycles. The molecule has 4 nitrogen and oxygen atoms in total. The number of nitrogens with zero attached hydrogens (tertiary/aromatic N) is 1. The molecule has 0 radical (unpaired) electrons. The van der Waals surface area contributed by atoms with Gasteiger partial charge in [0, 0.05) is 29.2 Å². The van der Waals surface area contributed by atoms with E-state index < -0.39 is 6.04 Å². The molecule has 0 spiro atoms. The van der Waals surface area contributed by atoms with Crippen LogP contribution in [-0.2, 0) is 22.6 Å². The number of rotatable bonds is 7. The molecule has 0 aliphatic carbocycles. The molecular formula is C22H26Cl2N2O2. The summed E-state index contributed by atoms with van der Waals surface area (Å²) in [6.45, 7) is 6.10. The van der Waals surface area contributed by atoms with Crippen LogP contribution in [0.5, 0.6) is 0 Å². The minimum Gasteiger partial charge on any atom is -0.357 e. The van der Waals surface area contributed by atoms with Crippen molar-refractivity contribution < 1.29 is 9.59 Å². The van der Waals surface area contributed by atoms with Crippen molar-refractivity contribution in [3.8, 4) is 0 Å². The molecule has 1 N–H and O–H groups in total. The maximum Gasteiger partial charge on any atom is 0.242 e. The van der Waals surface area contributed by atoms with E-state index in [1.165, 1.54) is 5.56 Å². The van der Waals surface area contributed by atoms with Gasteiger partial charge in [0.15, 0.2) is 0 Å². The van der Waals surface area contributed by atoms with Crippen LogP contribution in [0.25, 0.3) is 0 Å². The van der Waals surface area contributed by atoms with Crippen LogP contribution in [0, 0.1) is 13.8 Å². The smallest absolute Gasteiger partial charge is 0.242 e. The number of amides is 2. The molecule has 150 valence electrons. The van der Waals surface area contributed by atoms with E-state index in [1.54, 1.807) is 30.1 Å². The fourth-order valence-electron chi connectivity index (χ4n) is 3.13. The van der Waals surface area contributed by atoms with Gasteiger partial charge in [0.2, 0.25) is 11.8 Å². The standard InChI is InChI=1S/C22H26Cl2N2O2/c1-5-20(22(28)25-4)26(13-17-18(23)7-6-8-19(17)24)21(27)12-16-10-9-14(2)15(3)11-16/h6-11,20H,5,12-13H2,1-4H3,(H,25,28)/t20-/m1/s1. The van der Waals surface area contributed by atoms with Crippen LogP contribution in [0.2, 0.25) is 10.0 Å². The van der Waals surface area contributed by atoms with Gasteiger partial charge in [-0.1, -0.05) is 54.4 Å². The Morgan fingerprint density at radius 3 is 2.25 bits per heavy atom. The van der Waals surface area contributed by atoms with Gasteiger partial charge in [-0.15, -0.1) is 0 Å². The lowest BCUT2D eigenvalue weighted by Crippen LogP contribution is -2.48. The average Bonchev–Trinajstić information content (AvgIpc) is 2.66. The summed E-state index contributed by atoms with van der Waals surface area (Å²) in [6, 6.07) is 10.6. The molecule has 0 bridgehead atoms. The van der Waals surface area contributed by atoms with Crippen molar-refractivity contribution in [3.05, 3.63) is 68.7 Å². The van der Waals surface area contributed by atoms with Gasteiger partial charge < -0.3 is 10.2 Å². The zero-order valence-corrected chi connectivity index (χ0v) is 18.2. The van der Waals surface area contributed by atoms with Crippen molar-refractivity contribution in [2.45, 2.75) is 46.2 Å². The highest BCUT2D eigenvalue weighted by Gasteiger charge is 2.29. The van der Waals surface area contributed by atoms with Gasteiger partial charge in [-0.25, -0.2) is 0 Å². The first-order chi connectivity index (χ1) is 13.3. The van der Waals surface area contributed by atoms with Gasteiger partial charge in [0.25, 0.3) is 0 Å². The molecular weight excluding hydrogens is 395 g/mol. The molecule has 0 saturated heterocycles. The molecule has 2 aromatic rings. The third-order valence-electron chi connectivity index (χ3n) is 4.95. The SMILES string of the molecule is CC[C@H](C(=O)NC)N(Cc1c(Cl)cccc1Cl)C(=O)Cc1ccc(C)c(C)c1. The third kappa shape index (κ3) is 5.27. The number of carbonyl (C=O) groups excluding carboxylic acids is 2. The second-order valence-corrected chi connectivity index (χ2v) is 7.67. The first-order valence-corrected chi connectivity index (χ1v) is 10.0. The molecule has 0 fully saturated rings. The Labute approximate surface area is 176 Å². The van der Waals surface area contributed by atoms with Gasteiger partial charge in [0.05, 0.1) is 6.42 Å². The summed E-state index contributed by atoms with van der Waals surface area (Å²) < 4.78 is 0. The molecule has 0 saturated carbocycles. The summed E-state index contributed by atoms with van der Waals surface area (Å²) in [7, 11) is 1.57. The second kappa shape index (κ2) is 9.94. The first kappa shape index (κ1) is 22.3. The maximum atomic E-state index is 13.2. The number of benzene rings is 2. The van der Waals surface area contributed by atoms with Crippen LogP contribution in [0.4, 0.5) is 0 Å². The van der Waals surface area contributed by atoms with E-state index in [2.05, 4.69) is 5.32 Å². The summed E-state index contributed by atoms with van der Waals surface area (Å²) >= 11 is 12.6. The van der Waals surface area contributed by atoms with E-state index in [9.17, 15) is 9.59 Å². The quantitative estimate of drug-likeness (QED) is 0.704. The molecule has 0 aliphatic rings. The minimum absolute atomic E-state index is 0.144. The predicted octanol–water partition coefficient (Wildman–Crippen LogP) is 4.71. The van der Waals surface area contributed by atoms with Crippen molar-refractivity contribution in [3.63, 3.8) is 0 Å². The van der Waals surface area contributed by atoms with Crippen LogP contribution in [0.15, 0.2) is 36.4 Å². The van der Waals surface area contributed by atoms with Crippen molar-refractivity contribution in [2.24, 2.45) is 0 Å². The molecule has 0 aromatic heterocycles. The molecule has 2 rings (SSSR count). The largest absolute Gasteiger partial charge is 0.357 e. The fraction of sp³-hybridized carbons (Fsp3) is 0.364. The molecule has 0 unspecified atom stereocenters. The summed E-state index contributed by atoms with van der Waals surface area (Å²) in [5.41, 5.74) is 3.86. The Morgan fingerprint density at radius 2 is 1.71 bits per heavy atom. The zero-order chi connectivity index (χ0) is 20.8. The number of likely N-dealkylation sites (N-methyl/N-ethyl adjacent to an activating group) is 1. The topological polar surface area (TPSA) is 49.4 Å².